The molecule has 176 valence electrons. The Morgan fingerprint density at radius 3 is 2.43 bits per heavy atom. The van der Waals surface area contributed by atoms with Crippen molar-refractivity contribution in [2.45, 2.75) is 13.5 Å². The molecular formula is C28H24BrN3O3. The minimum absolute atomic E-state index is 0.401. The number of anilines is 1. The van der Waals surface area contributed by atoms with E-state index in [4.69, 9.17) is 4.74 Å². The molecule has 2 N–H and O–H groups in total. The van der Waals surface area contributed by atoms with Crippen molar-refractivity contribution in [3.05, 3.63) is 107 Å². The average molecular weight is 530 g/mol. The first-order valence-corrected chi connectivity index (χ1v) is 11.9. The van der Waals surface area contributed by atoms with Crippen molar-refractivity contribution < 1.29 is 14.3 Å². The number of nitrogens with one attached hydrogen (secondary N) is 2. The third-order valence-corrected chi connectivity index (χ3v) is 6.15. The summed E-state index contributed by atoms with van der Waals surface area (Å²) in [6.45, 7) is 1.93. The van der Waals surface area contributed by atoms with E-state index in [9.17, 15) is 9.59 Å². The molecule has 1 atom stereocenters. The van der Waals surface area contributed by atoms with Crippen molar-refractivity contribution in [3.63, 3.8) is 0 Å². The van der Waals surface area contributed by atoms with Crippen LogP contribution in [0.4, 0.5) is 5.69 Å². The SMILES string of the molecule is CC(C(=O)NN=Cc1c(OCc2ccccc2)ccc2ccccc12)C(=O)Nc1ccccc1Br. The number of hydrogen-bond donors (Lipinski definition) is 2. The Hall–Kier alpha value is -3.97. The van der Waals surface area contributed by atoms with Gasteiger partial charge < -0.3 is 10.1 Å². The van der Waals surface area contributed by atoms with Gasteiger partial charge in [0.25, 0.3) is 5.91 Å². The fourth-order valence-electron chi connectivity index (χ4n) is 3.45. The molecule has 7 heteroatoms. The van der Waals surface area contributed by atoms with Crippen LogP contribution in [0, 0.1) is 5.92 Å². The summed E-state index contributed by atoms with van der Waals surface area (Å²) in [7, 11) is 0. The number of carbonyl (C=O) groups is 2. The van der Waals surface area contributed by atoms with E-state index >= 15 is 0 Å². The van der Waals surface area contributed by atoms with Crippen LogP contribution >= 0.6 is 15.9 Å². The number of amides is 2. The number of ether oxygens (including phenoxy) is 1. The first-order chi connectivity index (χ1) is 17.0. The molecule has 1 unspecified atom stereocenters. The Labute approximate surface area is 212 Å². The first kappa shape index (κ1) is 24.2. The van der Waals surface area contributed by atoms with Gasteiger partial charge in [0.15, 0.2) is 0 Å². The summed E-state index contributed by atoms with van der Waals surface area (Å²) in [4.78, 5) is 25.1. The van der Waals surface area contributed by atoms with Crippen LogP contribution < -0.4 is 15.5 Å². The normalized spacial score (nSPS) is 11.8. The number of hydrogen-bond acceptors (Lipinski definition) is 4. The van der Waals surface area contributed by atoms with Gasteiger partial charge in [-0.3, -0.25) is 9.59 Å². The van der Waals surface area contributed by atoms with Crippen molar-refractivity contribution in [2.75, 3.05) is 5.32 Å². The number of hydrazone groups is 1. The van der Waals surface area contributed by atoms with Gasteiger partial charge in [-0.25, -0.2) is 5.43 Å². The van der Waals surface area contributed by atoms with Crippen molar-refractivity contribution in [3.8, 4) is 5.75 Å². The van der Waals surface area contributed by atoms with Crippen LogP contribution in [0.25, 0.3) is 10.8 Å². The summed E-state index contributed by atoms with van der Waals surface area (Å²) in [6.07, 6.45) is 1.55. The highest BCUT2D eigenvalue weighted by Crippen LogP contribution is 2.27. The predicted molar refractivity (Wildman–Crippen MR) is 142 cm³/mol. The molecule has 0 aliphatic rings. The lowest BCUT2D eigenvalue weighted by molar-refractivity contribution is -0.131. The van der Waals surface area contributed by atoms with Gasteiger partial charge in [-0.15, -0.1) is 0 Å². The lowest BCUT2D eigenvalue weighted by Gasteiger charge is -2.13. The standard InChI is InChI=1S/C28H24BrN3O3/c1-19(27(33)31-25-14-8-7-13-24(25)29)28(34)32-30-17-23-22-12-6-5-11-21(22)15-16-26(23)35-18-20-9-3-2-4-10-20/h2-17,19H,18H2,1H3,(H,31,33)(H,32,34). The number of halogens is 1. The maximum absolute atomic E-state index is 12.6. The van der Waals surface area contributed by atoms with Crippen LogP contribution in [0.5, 0.6) is 5.75 Å². The zero-order valence-electron chi connectivity index (χ0n) is 19.1. The molecule has 0 saturated heterocycles. The third-order valence-electron chi connectivity index (χ3n) is 5.45. The highest BCUT2D eigenvalue weighted by Gasteiger charge is 2.22. The molecule has 35 heavy (non-hydrogen) atoms. The van der Waals surface area contributed by atoms with E-state index in [1.165, 1.54) is 6.92 Å². The molecule has 0 fully saturated rings. The molecule has 0 saturated carbocycles. The molecule has 0 radical (unpaired) electrons. The van der Waals surface area contributed by atoms with Crippen LogP contribution in [0.2, 0.25) is 0 Å². The summed E-state index contributed by atoms with van der Waals surface area (Å²) in [5, 5.41) is 8.85. The molecule has 4 aromatic carbocycles. The Kier molecular flexibility index (Phi) is 7.90. The molecule has 4 rings (SSSR count). The van der Waals surface area contributed by atoms with Gasteiger partial charge in [0, 0.05) is 10.0 Å². The largest absolute Gasteiger partial charge is 0.488 e. The summed E-state index contributed by atoms with van der Waals surface area (Å²) in [5.41, 5.74) is 4.86. The lowest BCUT2D eigenvalue weighted by Crippen LogP contribution is -2.34. The van der Waals surface area contributed by atoms with Gasteiger partial charge in [0.2, 0.25) is 5.91 Å². The molecule has 6 nitrogen and oxygen atoms in total. The quantitative estimate of drug-likeness (QED) is 0.169. The van der Waals surface area contributed by atoms with E-state index < -0.39 is 17.7 Å². The third kappa shape index (κ3) is 6.13. The van der Waals surface area contributed by atoms with Crippen molar-refractivity contribution in [1.82, 2.24) is 5.43 Å². The second kappa shape index (κ2) is 11.4. The van der Waals surface area contributed by atoms with Gasteiger partial charge in [0.05, 0.1) is 11.9 Å². The minimum atomic E-state index is -0.944. The van der Waals surface area contributed by atoms with Crippen LogP contribution in [0.3, 0.4) is 0 Å². The Morgan fingerprint density at radius 2 is 1.63 bits per heavy atom. The fraction of sp³-hybridized carbons (Fsp3) is 0.107. The second-order valence-corrected chi connectivity index (χ2v) is 8.75. The zero-order valence-corrected chi connectivity index (χ0v) is 20.7. The number of rotatable bonds is 8. The van der Waals surface area contributed by atoms with Gasteiger partial charge in [-0.1, -0.05) is 72.8 Å². The number of carbonyl (C=O) groups excluding carboxylic acids is 2. The van der Waals surface area contributed by atoms with E-state index in [0.29, 0.717) is 18.0 Å². The van der Waals surface area contributed by atoms with Crippen molar-refractivity contribution in [2.24, 2.45) is 11.0 Å². The van der Waals surface area contributed by atoms with Crippen LogP contribution in [0.1, 0.15) is 18.1 Å². The molecule has 0 aliphatic heterocycles. The molecule has 0 aromatic heterocycles. The number of para-hydroxylation sites is 1. The molecular weight excluding hydrogens is 506 g/mol. The number of nitrogens with zero attached hydrogens (tertiary/aromatic N) is 1. The van der Waals surface area contributed by atoms with Crippen LogP contribution in [-0.2, 0) is 16.2 Å². The van der Waals surface area contributed by atoms with E-state index in [1.54, 1.807) is 18.3 Å². The summed E-state index contributed by atoms with van der Waals surface area (Å²) >= 11 is 3.38. The van der Waals surface area contributed by atoms with Gasteiger partial charge in [-0.2, -0.15) is 5.10 Å². The van der Waals surface area contributed by atoms with E-state index in [1.807, 2.05) is 78.9 Å². The highest BCUT2D eigenvalue weighted by molar-refractivity contribution is 9.10. The molecule has 0 bridgehead atoms. The summed E-state index contributed by atoms with van der Waals surface area (Å²) in [6, 6.07) is 28.8. The van der Waals surface area contributed by atoms with E-state index in [-0.39, 0.29) is 0 Å². The Balaban J connectivity index is 1.48. The van der Waals surface area contributed by atoms with Crippen molar-refractivity contribution >= 4 is 50.4 Å². The molecule has 0 heterocycles. The molecule has 4 aromatic rings. The van der Waals surface area contributed by atoms with Gasteiger partial charge in [-0.05, 0) is 57.4 Å². The fourth-order valence-corrected chi connectivity index (χ4v) is 3.83. The highest BCUT2D eigenvalue weighted by atomic mass is 79.9. The topological polar surface area (TPSA) is 79.8 Å². The van der Waals surface area contributed by atoms with Gasteiger partial charge >= 0.3 is 0 Å². The minimum Gasteiger partial charge on any atom is -0.488 e. The second-order valence-electron chi connectivity index (χ2n) is 7.90. The van der Waals surface area contributed by atoms with Gasteiger partial charge in [0.1, 0.15) is 18.3 Å². The molecule has 2 amide bonds. The van der Waals surface area contributed by atoms with E-state index in [2.05, 4.69) is 31.8 Å². The zero-order chi connectivity index (χ0) is 24.6. The van der Waals surface area contributed by atoms with Crippen molar-refractivity contribution in [1.29, 1.82) is 0 Å². The van der Waals surface area contributed by atoms with Crippen LogP contribution in [-0.4, -0.2) is 18.0 Å². The molecule has 0 spiro atoms. The number of benzene rings is 4. The molecule has 0 aliphatic carbocycles. The summed E-state index contributed by atoms with van der Waals surface area (Å²) < 4.78 is 6.81. The Morgan fingerprint density at radius 1 is 0.914 bits per heavy atom. The lowest BCUT2D eigenvalue weighted by atomic mass is 10.0. The predicted octanol–water partition coefficient (Wildman–Crippen LogP) is 5.91. The average Bonchev–Trinajstić information content (AvgIpc) is 2.89. The van der Waals surface area contributed by atoms with Crippen LogP contribution in [0.15, 0.2) is 101 Å². The first-order valence-electron chi connectivity index (χ1n) is 11.1. The maximum Gasteiger partial charge on any atom is 0.252 e. The number of fused-ring (bicyclic) bond motifs is 1. The Bertz CT molecular complexity index is 1370. The monoisotopic (exact) mass is 529 g/mol. The maximum atomic E-state index is 12.6. The smallest absolute Gasteiger partial charge is 0.252 e. The van der Waals surface area contributed by atoms with E-state index in [0.717, 1.165) is 26.4 Å². The summed E-state index contributed by atoms with van der Waals surface area (Å²) in [5.74, 6) is -1.25.